The summed E-state index contributed by atoms with van der Waals surface area (Å²) in [5.41, 5.74) is 9.04. The fraction of sp³-hybridized carbons (Fsp3) is 0.294. The molecule has 0 unspecified atom stereocenters. The Labute approximate surface area is 133 Å². The summed E-state index contributed by atoms with van der Waals surface area (Å²) in [6, 6.07) is 16.1. The molecule has 21 heavy (non-hydrogen) atoms. The van der Waals surface area contributed by atoms with Crippen LogP contribution in [0.25, 0.3) is 0 Å². The Bertz CT molecular complexity index is 560. The second kappa shape index (κ2) is 8.55. The van der Waals surface area contributed by atoms with Gasteiger partial charge in [-0.05, 0) is 49.4 Å². The molecule has 0 spiro atoms. The average molecular weight is 307 g/mol. The second-order valence-corrected chi connectivity index (χ2v) is 5.15. The monoisotopic (exact) mass is 306 g/mol. The van der Waals surface area contributed by atoms with Crippen molar-refractivity contribution in [1.29, 1.82) is 0 Å². The number of rotatable bonds is 6. The molecule has 0 saturated heterocycles. The molecule has 0 aromatic heterocycles. The number of aryl methyl sites for hydroxylation is 1. The molecule has 114 valence electrons. The molecular formula is C17H23ClN2O. The van der Waals surface area contributed by atoms with Crippen LogP contribution in [0, 0.1) is 6.92 Å². The number of nitrogens with two attached hydrogens (primary N) is 1. The normalized spacial score (nSPS) is 10.2. The number of nitrogen functional groups attached to an aromatic ring is 1. The van der Waals surface area contributed by atoms with Crippen molar-refractivity contribution >= 4 is 18.1 Å². The van der Waals surface area contributed by atoms with Gasteiger partial charge in [0.2, 0.25) is 0 Å². The zero-order chi connectivity index (χ0) is 14.4. The molecule has 0 heterocycles. The van der Waals surface area contributed by atoms with Gasteiger partial charge in [-0.2, -0.15) is 0 Å². The molecule has 2 rings (SSSR count). The van der Waals surface area contributed by atoms with Crippen LogP contribution in [0.2, 0.25) is 0 Å². The molecule has 0 bridgehead atoms. The summed E-state index contributed by atoms with van der Waals surface area (Å²) in [6.45, 7) is 4.51. The van der Waals surface area contributed by atoms with Gasteiger partial charge in [0, 0.05) is 18.8 Å². The van der Waals surface area contributed by atoms with E-state index in [1.54, 1.807) is 0 Å². The lowest BCUT2D eigenvalue weighted by Gasteiger charge is -2.17. The van der Waals surface area contributed by atoms with E-state index in [2.05, 4.69) is 37.1 Å². The van der Waals surface area contributed by atoms with Gasteiger partial charge in [0.15, 0.2) is 0 Å². The van der Waals surface area contributed by atoms with Gasteiger partial charge in [0.1, 0.15) is 12.4 Å². The van der Waals surface area contributed by atoms with Crippen molar-refractivity contribution in [1.82, 2.24) is 4.90 Å². The zero-order valence-electron chi connectivity index (χ0n) is 12.6. The fourth-order valence-electron chi connectivity index (χ4n) is 2.11. The minimum atomic E-state index is 0. The number of halogens is 1. The van der Waals surface area contributed by atoms with Crippen molar-refractivity contribution < 1.29 is 4.74 Å². The molecule has 4 heteroatoms. The summed E-state index contributed by atoms with van der Waals surface area (Å²) in [7, 11) is 2.09. The minimum absolute atomic E-state index is 0. The first-order valence-corrected chi connectivity index (χ1v) is 6.86. The number of hydrogen-bond acceptors (Lipinski definition) is 3. The largest absolute Gasteiger partial charge is 0.492 e. The summed E-state index contributed by atoms with van der Waals surface area (Å²) in [6.07, 6.45) is 0. The van der Waals surface area contributed by atoms with Crippen LogP contribution < -0.4 is 10.5 Å². The minimum Gasteiger partial charge on any atom is -0.492 e. The van der Waals surface area contributed by atoms with Gasteiger partial charge in [-0.3, -0.25) is 4.90 Å². The number of benzene rings is 2. The van der Waals surface area contributed by atoms with Crippen LogP contribution in [0.5, 0.6) is 5.75 Å². The van der Waals surface area contributed by atoms with Crippen molar-refractivity contribution in [3.8, 4) is 5.75 Å². The molecule has 0 amide bonds. The zero-order valence-corrected chi connectivity index (χ0v) is 13.4. The molecule has 0 radical (unpaired) electrons. The summed E-state index contributed by atoms with van der Waals surface area (Å²) in [5, 5.41) is 0. The SMILES string of the molecule is Cc1cccc(OCCN(C)Cc2cccc(N)c2)c1.Cl. The number of ether oxygens (including phenoxy) is 1. The Balaban J connectivity index is 0.00000220. The Hall–Kier alpha value is -1.71. The van der Waals surface area contributed by atoms with E-state index >= 15 is 0 Å². The van der Waals surface area contributed by atoms with Crippen LogP contribution in [0.4, 0.5) is 5.69 Å². The lowest BCUT2D eigenvalue weighted by molar-refractivity contribution is 0.233. The first kappa shape index (κ1) is 17.3. The number of hydrogen-bond donors (Lipinski definition) is 1. The van der Waals surface area contributed by atoms with Gasteiger partial charge >= 0.3 is 0 Å². The van der Waals surface area contributed by atoms with Crippen LogP contribution in [0.1, 0.15) is 11.1 Å². The highest BCUT2D eigenvalue weighted by molar-refractivity contribution is 5.85. The van der Waals surface area contributed by atoms with E-state index in [0.717, 1.165) is 24.5 Å². The second-order valence-electron chi connectivity index (χ2n) is 5.15. The lowest BCUT2D eigenvalue weighted by Crippen LogP contribution is -2.23. The quantitative estimate of drug-likeness (QED) is 0.830. The topological polar surface area (TPSA) is 38.5 Å². The van der Waals surface area contributed by atoms with E-state index in [0.29, 0.717) is 6.61 Å². The maximum Gasteiger partial charge on any atom is 0.119 e. The van der Waals surface area contributed by atoms with E-state index in [1.807, 2.05) is 30.3 Å². The van der Waals surface area contributed by atoms with Crippen LogP contribution in [-0.4, -0.2) is 25.1 Å². The molecular weight excluding hydrogens is 284 g/mol. The Kier molecular flexibility index (Phi) is 7.06. The van der Waals surface area contributed by atoms with Gasteiger partial charge in [0.25, 0.3) is 0 Å². The summed E-state index contributed by atoms with van der Waals surface area (Å²) < 4.78 is 5.75. The van der Waals surface area contributed by atoms with Gasteiger partial charge in [-0.1, -0.05) is 24.3 Å². The van der Waals surface area contributed by atoms with Gasteiger partial charge in [-0.25, -0.2) is 0 Å². The first-order chi connectivity index (χ1) is 9.63. The van der Waals surface area contributed by atoms with Crippen LogP contribution in [0.15, 0.2) is 48.5 Å². The summed E-state index contributed by atoms with van der Waals surface area (Å²) in [5.74, 6) is 0.933. The van der Waals surface area contributed by atoms with E-state index in [-0.39, 0.29) is 12.4 Å². The maximum atomic E-state index is 5.78. The number of anilines is 1. The molecule has 0 atom stereocenters. The average Bonchev–Trinajstić information content (AvgIpc) is 2.38. The predicted molar refractivity (Wildman–Crippen MR) is 91.1 cm³/mol. The van der Waals surface area contributed by atoms with Gasteiger partial charge in [-0.15, -0.1) is 12.4 Å². The predicted octanol–water partition coefficient (Wildman–Crippen LogP) is 3.51. The van der Waals surface area contributed by atoms with E-state index in [4.69, 9.17) is 10.5 Å². The number of likely N-dealkylation sites (N-methyl/N-ethyl adjacent to an activating group) is 1. The van der Waals surface area contributed by atoms with Crippen LogP contribution >= 0.6 is 12.4 Å². The van der Waals surface area contributed by atoms with Crippen LogP contribution in [0.3, 0.4) is 0 Å². The highest BCUT2D eigenvalue weighted by Gasteiger charge is 2.01. The Morgan fingerprint density at radius 3 is 2.57 bits per heavy atom. The summed E-state index contributed by atoms with van der Waals surface area (Å²) >= 11 is 0. The van der Waals surface area contributed by atoms with Crippen molar-refractivity contribution in [2.24, 2.45) is 0 Å². The molecule has 2 aromatic rings. The molecule has 0 aliphatic carbocycles. The van der Waals surface area contributed by atoms with Gasteiger partial charge < -0.3 is 10.5 Å². The molecule has 0 saturated carbocycles. The van der Waals surface area contributed by atoms with Crippen LogP contribution in [-0.2, 0) is 6.54 Å². The van der Waals surface area contributed by atoms with Crippen molar-refractivity contribution in [3.05, 3.63) is 59.7 Å². The molecule has 2 aromatic carbocycles. The Morgan fingerprint density at radius 1 is 1.10 bits per heavy atom. The smallest absolute Gasteiger partial charge is 0.119 e. The standard InChI is InChI=1S/C17H22N2O.ClH/c1-14-5-3-8-17(11-14)20-10-9-19(2)13-15-6-4-7-16(18)12-15;/h3-8,11-12H,9-10,13,18H2,1-2H3;1H. The fourth-order valence-corrected chi connectivity index (χ4v) is 2.11. The molecule has 0 aliphatic rings. The third-order valence-electron chi connectivity index (χ3n) is 3.13. The third-order valence-corrected chi connectivity index (χ3v) is 3.13. The van der Waals surface area contributed by atoms with Gasteiger partial charge in [0.05, 0.1) is 0 Å². The van der Waals surface area contributed by atoms with Crippen molar-refractivity contribution in [3.63, 3.8) is 0 Å². The Morgan fingerprint density at radius 2 is 1.86 bits per heavy atom. The summed E-state index contributed by atoms with van der Waals surface area (Å²) in [4.78, 5) is 2.23. The maximum absolute atomic E-state index is 5.78. The van der Waals surface area contributed by atoms with Crippen molar-refractivity contribution in [2.45, 2.75) is 13.5 Å². The van der Waals surface area contributed by atoms with E-state index < -0.39 is 0 Å². The van der Waals surface area contributed by atoms with Crippen molar-refractivity contribution in [2.75, 3.05) is 25.9 Å². The highest BCUT2D eigenvalue weighted by Crippen LogP contribution is 2.12. The highest BCUT2D eigenvalue weighted by atomic mass is 35.5. The van der Waals surface area contributed by atoms with E-state index in [1.165, 1.54) is 11.1 Å². The number of nitrogens with zero attached hydrogens (tertiary/aromatic N) is 1. The molecule has 0 aliphatic heterocycles. The molecule has 3 nitrogen and oxygen atoms in total. The lowest BCUT2D eigenvalue weighted by atomic mass is 10.2. The first-order valence-electron chi connectivity index (χ1n) is 6.86. The molecule has 2 N–H and O–H groups in total. The van der Waals surface area contributed by atoms with E-state index in [9.17, 15) is 0 Å². The molecule has 0 fully saturated rings. The third kappa shape index (κ3) is 6.06.